The molecule has 3 aromatic heterocycles. The minimum Gasteiger partial charge on any atom is -0.507 e. The van der Waals surface area contributed by atoms with Crippen LogP contribution in [0, 0.1) is 13.8 Å². The lowest BCUT2D eigenvalue weighted by Crippen LogP contribution is -2.12. The molecule has 0 amide bonds. The lowest BCUT2D eigenvalue weighted by Gasteiger charge is -2.24. The van der Waals surface area contributed by atoms with E-state index < -0.39 is 0 Å². The van der Waals surface area contributed by atoms with E-state index in [1.807, 2.05) is 0 Å². The van der Waals surface area contributed by atoms with Gasteiger partial charge in [0, 0.05) is 68.3 Å². The minimum atomic E-state index is -0.248. The van der Waals surface area contributed by atoms with E-state index in [1.54, 1.807) is 0 Å². The van der Waals surface area contributed by atoms with Crippen molar-refractivity contribution < 1.29 is 10.2 Å². The Morgan fingerprint density at radius 3 is 1.30 bits per heavy atom. The van der Waals surface area contributed by atoms with Gasteiger partial charge in [-0.1, -0.05) is 110 Å². The SMILES string of the molecule is CCCn1c(-c2cc(C)cc(C(C)(C)C)c2O)c(-c2cccc(-c3c(-c4cc(C)cc(C(C)(C)C)c4O)n(CCC)c4ccccc34)n2)c2ccccc21. The molecule has 0 aliphatic carbocycles. The molecule has 0 bridgehead atoms. The van der Waals surface area contributed by atoms with E-state index in [-0.39, 0.29) is 10.8 Å². The van der Waals surface area contributed by atoms with Gasteiger partial charge in [0.15, 0.2) is 0 Å². The summed E-state index contributed by atoms with van der Waals surface area (Å²) in [5.41, 5.74) is 13.1. The average Bonchev–Trinajstić information content (AvgIpc) is 3.62. The number of aromatic hydroxyl groups is 2. The van der Waals surface area contributed by atoms with Gasteiger partial charge in [0.2, 0.25) is 0 Å². The Morgan fingerprint density at radius 2 is 0.926 bits per heavy atom. The molecule has 0 aliphatic heterocycles. The van der Waals surface area contributed by atoms with Gasteiger partial charge in [0.05, 0.1) is 22.8 Å². The van der Waals surface area contributed by atoms with Crippen LogP contribution in [0.1, 0.15) is 90.5 Å². The molecule has 0 radical (unpaired) electrons. The first kappa shape index (κ1) is 37.0. The molecule has 3 heterocycles. The van der Waals surface area contributed by atoms with Crippen molar-refractivity contribution in [2.24, 2.45) is 0 Å². The van der Waals surface area contributed by atoms with Crippen molar-refractivity contribution >= 4 is 21.8 Å². The molecule has 0 spiro atoms. The minimum absolute atomic E-state index is 0.248. The molecule has 7 rings (SSSR count). The number of phenolic OH excluding ortho intramolecular Hbond substituents is 2. The maximum Gasteiger partial charge on any atom is 0.128 e. The third-order valence-corrected chi connectivity index (χ3v) is 10.7. The first-order valence-corrected chi connectivity index (χ1v) is 19.5. The van der Waals surface area contributed by atoms with Crippen molar-refractivity contribution in [3.8, 4) is 56.5 Å². The van der Waals surface area contributed by atoms with Crippen LogP contribution in [0.25, 0.3) is 66.8 Å². The van der Waals surface area contributed by atoms with Crippen molar-refractivity contribution in [3.63, 3.8) is 0 Å². The third kappa shape index (κ3) is 6.28. The Bertz CT molecular complexity index is 2360. The van der Waals surface area contributed by atoms with Gasteiger partial charge in [-0.15, -0.1) is 0 Å². The van der Waals surface area contributed by atoms with E-state index in [0.29, 0.717) is 11.5 Å². The molecule has 0 fully saturated rings. The number of benzene rings is 4. The first-order chi connectivity index (χ1) is 25.6. The number of rotatable bonds is 8. The van der Waals surface area contributed by atoms with Gasteiger partial charge in [-0.25, -0.2) is 4.98 Å². The largest absolute Gasteiger partial charge is 0.507 e. The summed E-state index contributed by atoms with van der Waals surface area (Å²) in [6.07, 6.45) is 1.88. The molecule has 7 aromatic rings. The number of hydrogen-bond donors (Lipinski definition) is 2. The van der Waals surface area contributed by atoms with Gasteiger partial charge >= 0.3 is 0 Å². The summed E-state index contributed by atoms with van der Waals surface area (Å²) in [5, 5.41) is 26.5. The van der Waals surface area contributed by atoms with Crippen molar-refractivity contribution in [1.29, 1.82) is 0 Å². The van der Waals surface area contributed by atoms with Gasteiger partial charge in [-0.3, -0.25) is 0 Å². The maximum atomic E-state index is 12.1. The molecule has 0 atom stereocenters. The molecule has 4 aromatic carbocycles. The fourth-order valence-corrected chi connectivity index (χ4v) is 8.37. The number of pyridine rings is 1. The number of aromatic nitrogens is 3. The normalized spacial score (nSPS) is 12.3. The lowest BCUT2D eigenvalue weighted by molar-refractivity contribution is 0.447. The molecule has 0 unspecified atom stereocenters. The summed E-state index contributed by atoms with van der Waals surface area (Å²) in [4.78, 5) is 5.59. The maximum absolute atomic E-state index is 12.1. The van der Waals surface area contributed by atoms with E-state index in [1.165, 1.54) is 0 Å². The van der Waals surface area contributed by atoms with Gasteiger partial charge < -0.3 is 19.3 Å². The molecular formula is C49H55N3O2. The predicted molar refractivity (Wildman–Crippen MR) is 228 cm³/mol. The van der Waals surface area contributed by atoms with Crippen molar-refractivity contribution in [2.45, 2.75) is 106 Å². The highest BCUT2D eigenvalue weighted by atomic mass is 16.3. The van der Waals surface area contributed by atoms with Gasteiger partial charge in [-0.05, 0) is 85.0 Å². The Balaban J connectivity index is 1.58. The average molecular weight is 718 g/mol. The Kier molecular flexibility index (Phi) is 9.50. The molecule has 5 nitrogen and oxygen atoms in total. The van der Waals surface area contributed by atoms with Crippen molar-refractivity contribution in [2.75, 3.05) is 0 Å². The second-order valence-electron chi connectivity index (χ2n) is 17.1. The van der Waals surface area contributed by atoms with Gasteiger partial charge in [0.25, 0.3) is 0 Å². The zero-order valence-electron chi connectivity index (χ0n) is 33.7. The van der Waals surface area contributed by atoms with Crippen molar-refractivity contribution in [1.82, 2.24) is 14.1 Å². The van der Waals surface area contributed by atoms with Crippen LogP contribution in [0.15, 0.2) is 91.0 Å². The topological polar surface area (TPSA) is 63.2 Å². The zero-order chi connectivity index (χ0) is 38.7. The van der Waals surface area contributed by atoms with Crippen LogP contribution < -0.4 is 0 Å². The zero-order valence-corrected chi connectivity index (χ0v) is 33.7. The van der Waals surface area contributed by atoms with Crippen LogP contribution in [0.2, 0.25) is 0 Å². The summed E-state index contributed by atoms with van der Waals surface area (Å²) < 4.78 is 4.74. The number of phenols is 2. The molecule has 0 aliphatic rings. The summed E-state index contributed by atoms with van der Waals surface area (Å²) in [6.45, 7) is 23.2. The number of aryl methyl sites for hydroxylation is 4. The summed E-state index contributed by atoms with van der Waals surface area (Å²) in [5.74, 6) is 0.639. The Hall–Kier alpha value is -5.29. The number of nitrogens with zero attached hydrogens (tertiary/aromatic N) is 3. The Labute approximate surface area is 321 Å². The number of hydrogen-bond acceptors (Lipinski definition) is 3. The van der Waals surface area contributed by atoms with Crippen LogP contribution in [-0.4, -0.2) is 24.3 Å². The second kappa shape index (κ2) is 13.8. The number of fused-ring (bicyclic) bond motifs is 2. The molecule has 54 heavy (non-hydrogen) atoms. The van der Waals surface area contributed by atoms with E-state index in [4.69, 9.17) is 4.98 Å². The smallest absolute Gasteiger partial charge is 0.128 e. The molecular weight excluding hydrogens is 663 g/mol. The molecule has 0 saturated carbocycles. The highest BCUT2D eigenvalue weighted by molar-refractivity contribution is 6.07. The molecule has 278 valence electrons. The van der Waals surface area contributed by atoms with Gasteiger partial charge in [0.1, 0.15) is 11.5 Å². The highest BCUT2D eigenvalue weighted by Crippen LogP contribution is 2.49. The highest BCUT2D eigenvalue weighted by Gasteiger charge is 2.30. The van der Waals surface area contributed by atoms with Gasteiger partial charge in [-0.2, -0.15) is 0 Å². The van der Waals surface area contributed by atoms with Crippen LogP contribution in [0.3, 0.4) is 0 Å². The monoisotopic (exact) mass is 717 g/mol. The number of para-hydroxylation sites is 2. The van der Waals surface area contributed by atoms with Crippen LogP contribution in [-0.2, 0) is 23.9 Å². The third-order valence-electron chi connectivity index (χ3n) is 10.7. The fraction of sp³-hybridized carbons (Fsp3) is 0.327. The van der Waals surface area contributed by atoms with E-state index >= 15 is 0 Å². The Morgan fingerprint density at radius 1 is 0.537 bits per heavy atom. The molecule has 2 N–H and O–H groups in total. The van der Waals surface area contributed by atoms with Crippen LogP contribution in [0.4, 0.5) is 0 Å². The standard InChI is InChI=1S/C49H55N3O2/c1-11-24-51-40-22-15-13-18-32(40)42(44(51)34-26-30(3)28-36(46(34)53)48(5,6)7)38-20-17-21-39(50-38)43-33-19-14-16-23-41(33)52(25-12-2)45(43)35-27-31(4)29-37(47(35)54)49(8,9)10/h13-23,26-29,53-54H,11-12,24-25H2,1-10H3. The lowest BCUT2D eigenvalue weighted by atomic mass is 9.83. The summed E-state index contributed by atoms with van der Waals surface area (Å²) >= 11 is 0. The predicted octanol–water partition coefficient (Wildman–Crippen LogP) is 13.1. The molecule has 5 heteroatoms. The molecule has 0 saturated heterocycles. The first-order valence-electron chi connectivity index (χ1n) is 19.5. The quantitative estimate of drug-likeness (QED) is 0.164. The van der Waals surface area contributed by atoms with E-state index in [2.05, 4.69) is 169 Å². The summed E-state index contributed by atoms with van der Waals surface area (Å²) in [6, 6.07) is 31.9. The summed E-state index contributed by atoms with van der Waals surface area (Å²) in [7, 11) is 0. The van der Waals surface area contributed by atoms with E-state index in [0.717, 1.165) is 115 Å². The van der Waals surface area contributed by atoms with Crippen LogP contribution in [0.5, 0.6) is 11.5 Å². The van der Waals surface area contributed by atoms with Crippen LogP contribution >= 0.6 is 0 Å². The fourth-order valence-electron chi connectivity index (χ4n) is 8.37. The van der Waals surface area contributed by atoms with E-state index in [9.17, 15) is 10.2 Å². The second-order valence-corrected chi connectivity index (χ2v) is 17.1. The van der Waals surface area contributed by atoms with Crippen molar-refractivity contribution in [3.05, 3.63) is 113 Å².